The van der Waals surface area contributed by atoms with Crippen molar-refractivity contribution in [2.75, 3.05) is 6.54 Å². The third-order valence-electron chi connectivity index (χ3n) is 5.06. The van der Waals surface area contributed by atoms with Gasteiger partial charge in [0.15, 0.2) is 23.2 Å². The lowest BCUT2D eigenvalue weighted by Gasteiger charge is -2.24. The maximum atomic E-state index is 13.6. The van der Waals surface area contributed by atoms with E-state index in [0.717, 1.165) is 31.4 Å². The largest absolute Gasteiger partial charge is 0.448 e. The van der Waals surface area contributed by atoms with E-state index in [-0.39, 0.29) is 30.5 Å². The van der Waals surface area contributed by atoms with Crippen molar-refractivity contribution in [3.05, 3.63) is 53.2 Å². The van der Waals surface area contributed by atoms with Crippen LogP contribution in [0.5, 0.6) is 0 Å². The molecule has 7 heteroatoms. The van der Waals surface area contributed by atoms with E-state index in [1.807, 2.05) is 0 Å². The minimum absolute atomic E-state index is 0.119. The Bertz CT molecular complexity index is 803. The smallest absolute Gasteiger partial charge is 0.276 e. The van der Waals surface area contributed by atoms with Gasteiger partial charge < -0.3 is 14.4 Å². The van der Waals surface area contributed by atoms with Crippen LogP contribution >= 0.6 is 0 Å². The molecular formula is C18H18F2N2O3. The van der Waals surface area contributed by atoms with Gasteiger partial charge in [-0.2, -0.15) is 0 Å². The number of likely N-dealkylation sites (tertiary alicyclic amines) is 1. The Hall–Kier alpha value is -2.28. The van der Waals surface area contributed by atoms with Crippen LogP contribution < -0.4 is 0 Å². The molecule has 1 saturated carbocycles. The number of benzene rings is 1. The lowest BCUT2D eigenvalue weighted by atomic mass is 9.85. The molecule has 5 nitrogen and oxygen atoms in total. The van der Waals surface area contributed by atoms with E-state index in [9.17, 15) is 18.7 Å². The van der Waals surface area contributed by atoms with Crippen LogP contribution in [0.2, 0.25) is 0 Å². The summed E-state index contributed by atoms with van der Waals surface area (Å²) in [5.41, 5.74) is 0.634. The maximum Gasteiger partial charge on any atom is 0.276 e. The first kappa shape index (κ1) is 16.2. The molecule has 2 atom stereocenters. The van der Waals surface area contributed by atoms with Gasteiger partial charge in [0.1, 0.15) is 6.26 Å². The SMILES string of the molecule is O=C(c1coc(C2CCC2)n1)N1C[C@@H](O)C[C@@H]1c1ccc(F)c(F)c1. The first-order valence-corrected chi connectivity index (χ1v) is 8.42. The van der Waals surface area contributed by atoms with Crippen molar-refractivity contribution in [2.45, 2.75) is 43.7 Å². The molecule has 1 amide bonds. The van der Waals surface area contributed by atoms with Crippen LogP contribution in [-0.2, 0) is 0 Å². The highest BCUT2D eigenvalue weighted by molar-refractivity contribution is 5.92. The maximum absolute atomic E-state index is 13.6. The fourth-order valence-corrected chi connectivity index (χ4v) is 3.45. The Morgan fingerprint density at radius 3 is 2.76 bits per heavy atom. The summed E-state index contributed by atoms with van der Waals surface area (Å²) in [6.45, 7) is 0.119. The molecule has 1 aromatic carbocycles. The van der Waals surface area contributed by atoms with E-state index in [4.69, 9.17) is 4.42 Å². The van der Waals surface area contributed by atoms with Crippen LogP contribution in [-0.4, -0.2) is 33.5 Å². The van der Waals surface area contributed by atoms with Gasteiger partial charge in [-0.3, -0.25) is 4.79 Å². The van der Waals surface area contributed by atoms with Crippen molar-refractivity contribution in [1.29, 1.82) is 0 Å². The molecule has 1 aromatic heterocycles. The van der Waals surface area contributed by atoms with Crippen LogP contribution in [0, 0.1) is 11.6 Å². The second kappa shape index (κ2) is 6.22. The normalized spacial score (nSPS) is 23.7. The van der Waals surface area contributed by atoms with E-state index in [2.05, 4.69) is 4.98 Å². The van der Waals surface area contributed by atoms with Crippen molar-refractivity contribution < 1.29 is 23.1 Å². The standard InChI is InChI=1S/C18H18F2N2O3/c19-13-5-4-11(6-14(13)20)16-7-12(23)8-22(16)18(24)15-9-25-17(21-15)10-2-1-3-10/h4-6,9-10,12,16,23H,1-3,7-8H2/t12-,16+/m0/s1. The number of aromatic nitrogens is 1. The minimum atomic E-state index is -0.972. The van der Waals surface area contributed by atoms with Gasteiger partial charge in [-0.15, -0.1) is 0 Å². The molecular weight excluding hydrogens is 330 g/mol. The zero-order chi connectivity index (χ0) is 17.6. The first-order valence-electron chi connectivity index (χ1n) is 8.42. The molecule has 2 aliphatic rings. The summed E-state index contributed by atoms with van der Waals surface area (Å²) in [6.07, 6.45) is 4.03. The molecule has 2 fully saturated rings. The number of carbonyl (C=O) groups excluding carboxylic acids is 1. The Kier molecular flexibility index (Phi) is 4.03. The lowest BCUT2D eigenvalue weighted by molar-refractivity contribution is 0.0709. The van der Waals surface area contributed by atoms with Crippen LogP contribution in [0.1, 0.15) is 59.6 Å². The van der Waals surface area contributed by atoms with Gasteiger partial charge in [-0.05, 0) is 37.0 Å². The summed E-state index contributed by atoms with van der Waals surface area (Å²) < 4.78 is 32.1. The lowest BCUT2D eigenvalue weighted by Crippen LogP contribution is -2.32. The minimum Gasteiger partial charge on any atom is -0.448 e. The molecule has 0 bridgehead atoms. The first-order chi connectivity index (χ1) is 12.0. The number of aliphatic hydroxyl groups excluding tert-OH is 1. The van der Waals surface area contributed by atoms with Gasteiger partial charge in [0, 0.05) is 12.5 Å². The summed E-state index contributed by atoms with van der Waals surface area (Å²) in [5.74, 6) is -1.45. The number of carbonyl (C=O) groups is 1. The average Bonchev–Trinajstić information content (AvgIpc) is 3.15. The summed E-state index contributed by atoms with van der Waals surface area (Å²) >= 11 is 0. The summed E-state index contributed by atoms with van der Waals surface area (Å²) in [5, 5.41) is 9.99. The predicted octanol–water partition coefficient (Wildman–Crippen LogP) is 3.17. The fourth-order valence-electron chi connectivity index (χ4n) is 3.45. The monoisotopic (exact) mass is 348 g/mol. The molecule has 2 aromatic rings. The predicted molar refractivity (Wildman–Crippen MR) is 83.9 cm³/mol. The molecule has 0 unspecified atom stereocenters. The van der Waals surface area contributed by atoms with Crippen LogP contribution in [0.25, 0.3) is 0 Å². The summed E-state index contributed by atoms with van der Waals surface area (Å²) in [7, 11) is 0. The zero-order valence-electron chi connectivity index (χ0n) is 13.5. The second-order valence-corrected chi connectivity index (χ2v) is 6.74. The Morgan fingerprint density at radius 1 is 1.28 bits per heavy atom. The topological polar surface area (TPSA) is 66.6 Å². The van der Waals surface area contributed by atoms with Gasteiger partial charge in [-0.1, -0.05) is 12.5 Å². The Balaban J connectivity index is 1.59. The number of aliphatic hydroxyl groups is 1. The molecule has 1 aliphatic heterocycles. The summed E-state index contributed by atoms with van der Waals surface area (Å²) in [4.78, 5) is 18.5. The van der Waals surface area contributed by atoms with E-state index in [1.165, 1.54) is 17.2 Å². The molecule has 2 heterocycles. The number of β-amino-alcohol motifs (C(OH)–C–C–N with tert-alkyl or cyclic N) is 1. The Labute approximate surface area is 143 Å². The molecule has 1 aliphatic carbocycles. The van der Waals surface area contributed by atoms with Crippen molar-refractivity contribution in [2.24, 2.45) is 0 Å². The highest BCUT2D eigenvalue weighted by atomic mass is 19.2. The molecule has 25 heavy (non-hydrogen) atoms. The van der Waals surface area contributed by atoms with E-state index >= 15 is 0 Å². The quantitative estimate of drug-likeness (QED) is 0.925. The van der Waals surface area contributed by atoms with Crippen LogP contribution in [0.15, 0.2) is 28.9 Å². The van der Waals surface area contributed by atoms with Gasteiger partial charge in [0.2, 0.25) is 0 Å². The molecule has 4 rings (SSSR count). The van der Waals surface area contributed by atoms with Crippen molar-refractivity contribution in [3.8, 4) is 0 Å². The van der Waals surface area contributed by atoms with Gasteiger partial charge >= 0.3 is 0 Å². The number of hydrogen-bond acceptors (Lipinski definition) is 4. The number of halogens is 2. The summed E-state index contributed by atoms with van der Waals surface area (Å²) in [6, 6.07) is 3.01. The van der Waals surface area contributed by atoms with Crippen molar-refractivity contribution in [3.63, 3.8) is 0 Å². The van der Waals surface area contributed by atoms with Gasteiger partial charge in [0.25, 0.3) is 5.91 Å². The number of rotatable bonds is 3. The Morgan fingerprint density at radius 2 is 2.08 bits per heavy atom. The van der Waals surface area contributed by atoms with E-state index in [0.29, 0.717) is 11.5 Å². The van der Waals surface area contributed by atoms with Crippen LogP contribution in [0.4, 0.5) is 8.78 Å². The van der Waals surface area contributed by atoms with E-state index < -0.39 is 23.8 Å². The van der Waals surface area contributed by atoms with E-state index in [1.54, 1.807) is 0 Å². The van der Waals surface area contributed by atoms with Gasteiger partial charge in [-0.25, -0.2) is 13.8 Å². The number of nitrogens with zero attached hydrogens (tertiary/aromatic N) is 2. The number of amides is 1. The zero-order valence-corrected chi connectivity index (χ0v) is 13.5. The molecule has 1 N–H and O–H groups in total. The van der Waals surface area contributed by atoms with Crippen LogP contribution in [0.3, 0.4) is 0 Å². The third kappa shape index (κ3) is 2.93. The second-order valence-electron chi connectivity index (χ2n) is 6.74. The molecule has 0 spiro atoms. The van der Waals surface area contributed by atoms with Crippen molar-refractivity contribution >= 4 is 5.91 Å². The number of oxazole rings is 1. The highest BCUT2D eigenvalue weighted by Crippen LogP contribution is 2.37. The third-order valence-corrected chi connectivity index (χ3v) is 5.06. The average molecular weight is 348 g/mol. The highest BCUT2D eigenvalue weighted by Gasteiger charge is 2.37. The molecule has 0 radical (unpaired) electrons. The molecule has 1 saturated heterocycles. The van der Waals surface area contributed by atoms with Crippen molar-refractivity contribution in [1.82, 2.24) is 9.88 Å². The fraction of sp³-hybridized carbons (Fsp3) is 0.444. The van der Waals surface area contributed by atoms with Gasteiger partial charge in [0.05, 0.1) is 12.1 Å². The molecule has 132 valence electrons. The number of hydrogen-bond donors (Lipinski definition) is 1.